The lowest BCUT2D eigenvalue weighted by atomic mass is 10.0. The van der Waals surface area contributed by atoms with Gasteiger partial charge in [0, 0.05) is 36.8 Å². The summed E-state index contributed by atoms with van der Waals surface area (Å²) in [5.74, 6) is 1.22. The third kappa shape index (κ3) is 3.04. The Morgan fingerprint density at radius 3 is 2.50 bits per heavy atom. The van der Waals surface area contributed by atoms with Crippen LogP contribution in [0.1, 0.15) is 13.8 Å². The van der Waals surface area contributed by atoms with Crippen LogP contribution in [-0.4, -0.2) is 52.6 Å². The van der Waals surface area contributed by atoms with Gasteiger partial charge in [0.2, 0.25) is 0 Å². The molecule has 0 aromatic carbocycles. The number of piperazine rings is 1. The van der Waals surface area contributed by atoms with Crippen molar-refractivity contribution < 1.29 is 5.21 Å². The minimum absolute atomic E-state index is 0.243. The number of hydrogen-bond donors (Lipinski definition) is 2. The highest BCUT2D eigenvalue weighted by Crippen LogP contribution is 2.21. The van der Waals surface area contributed by atoms with Crippen molar-refractivity contribution in [1.29, 1.82) is 0 Å². The normalized spacial score (nSPS) is 18.4. The van der Waals surface area contributed by atoms with Crippen molar-refractivity contribution in [2.75, 3.05) is 31.1 Å². The maximum atomic E-state index is 8.87. The van der Waals surface area contributed by atoms with Gasteiger partial charge in [0.15, 0.2) is 5.84 Å². The SMILES string of the molecule is CC(C)(C(N)=NO)N1CCN(c2ccc(Br)cn2)CC1. The van der Waals surface area contributed by atoms with E-state index in [2.05, 4.69) is 35.9 Å². The van der Waals surface area contributed by atoms with Crippen LogP contribution >= 0.6 is 15.9 Å². The molecule has 0 unspecified atom stereocenters. The summed E-state index contributed by atoms with van der Waals surface area (Å²) in [6.07, 6.45) is 1.81. The molecular weight excluding hydrogens is 322 g/mol. The number of nitrogens with two attached hydrogens (primary N) is 1. The average molecular weight is 342 g/mol. The van der Waals surface area contributed by atoms with E-state index >= 15 is 0 Å². The minimum atomic E-state index is -0.437. The van der Waals surface area contributed by atoms with Crippen LogP contribution in [0.25, 0.3) is 0 Å². The van der Waals surface area contributed by atoms with Gasteiger partial charge >= 0.3 is 0 Å². The summed E-state index contributed by atoms with van der Waals surface area (Å²) < 4.78 is 0.980. The molecule has 1 aliphatic heterocycles. The summed E-state index contributed by atoms with van der Waals surface area (Å²) >= 11 is 3.39. The van der Waals surface area contributed by atoms with Gasteiger partial charge in [-0.05, 0) is 41.9 Å². The molecule has 20 heavy (non-hydrogen) atoms. The number of aromatic nitrogens is 1. The van der Waals surface area contributed by atoms with Crippen LogP contribution in [0, 0.1) is 0 Å². The summed E-state index contributed by atoms with van der Waals surface area (Å²) in [6.45, 7) is 7.38. The summed E-state index contributed by atoms with van der Waals surface area (Å²) in [5, 5.41) is 12.0. The molecule has 2 heterocycles. The lowest BCUT2D eigenvalue weighted by Gasteiger charge is -2.43. The standard InChI is InChI=1S/C13H20BrN5O/c1-13(2,12(15)17-20)19-7-5-18(6-8-19)11-4-3-10(14)9-16-11/h3-4,9,20H,5-8H2,1-2H3,(H2,15,17). The molecule has 1 aromatic rings. The van der Waals surface area contributed by atoms with Gasteiger partial charge in [0.05, 0.1) is 5.54 Å². The van der Waals surface area contributed by atoms with Crippen molar-refractivity contribution in [1.82, 2.24) is 9.88 Å². The zero-order chi connectivity index (χ0) is 14.8. The molecule has 1 saturated heterocycles. The first-order valence-corrected chi connectivity index (χ1v) is 7.34. The zero-order valence-electron chi connectivity index (χ0n) is 11.8. The predicted octanol–water partition coefficient (Wildman–Crippen LogP) is 1.49. The van der Waals surface area contributed by atoms with E-state index in [0.717, 1.165) is 36.5 Å². The third-order valence-electron chi connectivity index (χ3n) is 3.84. The maximum Gasteiger partial charge on any atom is 0.159 e. The fourth-order valence-electron chi connectivity index (χ4n) is 2.33. The molecule has 0 aliphatic carbocycles. The second-order valence-corrected chi connectivity index (χ2v) is 6.27. The van der Waals surface area contributed by atoms with E-state index in [9.17, 15) is 0 Å². The van der Waals surface area contributed by atoms with Gasteiger partial charge in [-0.15, -0.1) is 0 Å². The molecule has 110 valence electrons. The van der Waals surface area contributed by atoms with Crippen molar-refractivity contribution in [3.05, 3.63) is 22.8 Å². The van der Waals surface area contributed by atoms with Crippen LogP contribution in [-0.2, 0) is 0 Å². The minimum Gasteiger partial charge on any atom is -0.409 e. The number of nitrogens with zero attached hydrogens (tertiary/aromatic N) is 4. The molecule has 1 aliphatic rings. The van der Waals surface area contributed by atoms with Gasteiger partial charge < -0.3 is 15.8 Å². The van der Waals surface area contributed by atoms with Crippen molar-refractivity contribution in [2.24, 2.45) is 10.9 Å². The van der Waals surface area contributed by atoms with Crippen LogP contribution in [0.4, 0.5) is 5.82 Å². The molecule has 0 saturated carbocycles. The van der Waals surface area contributed by atoms with E-state index in [1.165, 1.54) is 0 Å². The molecule has 0 atom stereocenters. The third-order valence-corrected chi connectivity index (χ3v) is 4.31. The Morgan fingerprint density at radius 2 is 2.00 bits per heavy atom. The Balaban J connectivity index is 2.00. The van der Waals surface area contributed by atoms with Gasteiger partial charge in [-0.2, -0.15) is 0 Å². The number of rotatable bonds is 3. The van der Waals surface area contributed by atoms with Gasteiger partial charge in [0.25, 0.3) is 0 Å². The summed E-state index contributed by atoms with van der Waals surface area (Å²) in [5.41, 5.74) is 5.33. The summed E-state index contributed by atoms with van der Waals surface area (Å²) in [6, 6.07) is 4.00. The largest absolute Gasteiger partial charge is 0.409 e. The lowest BCUT2D eigenvalue weighted by molar-refractivity contribution is 0.161. The van der Waals surface area contributed by atoms with Crippen molar-refractivity contribution >= 4 is 27.6 Å². The monoisotopic (exact) mass is 341 g/mol. The van der Waals surface area contributed by atoms with E-state index in [4.69, 9.17) is 10.9 Å². The second kappa shape index (κ2) is 5.97. The predicted molar refractivity (Wildman–Crippen MR) is 83.2 cm³/mol. The average Bonchev–Trinajstić information content (AvgIpc) is 2.47. The van der Waals surface area contributed by atoms with E-state index in [0.29, 0.717) is 0 Å². The molecule has 7 heteroatoms. The molecule has 3 N–H and O–H groups in total. The smallest absolute Gasteiger partial charge is 0.159 e. The van der Waals surface area contributed by atoms with Crippen molar-refractivity contribution in [3.63, 3.8) is 0 Å². The molecule has 0 amide bonds. The highest BCUT2D eigenvalue weighted by atomic mass is 79.9. The fourth-order valence-corrected chi connectivity index (χ4v) is 2.57. The lowest BCUT2D eigenvalue weighted by Crippen LogP contribution is -2.59. The van der Waals surface area contributed by atoms with Crippen LogP contribution in [0.15, 0.2) is 28.0 Å². The van der Waals surface area contributed by atoms with Crippen LogP contribution in [0.5, 0.6) is 0 Å². The molecule has 1 aromatic heterocycles. The van der Waals surface area contributed by atoms with E-state index < -0.39 is 5.54 Å². The van der Waals surface area contributed by atoms with Crippen molar-refractivity contribution in [3.8, 4) is 0 Å². The first-order chi connectivity index (χ1) is 9.45. The Hall–Kier alpha value is -1.34. The topological polar surface area (TPSA) is 78.0 Å². The molecule has 0 radical (unpaired) electrons. The maximum absolute atomic E-state index is 8.87. The summed E-state index contributed by atoms with van der Waals surface area (Å²) in [7, 11) is 0. The highest BCUT2D eigenvalue weighted by Gasteiger charge is 2.33. The first kappa shape index (κ1) is 15.1. The second-order valence-electron chi connectivity index (χ2n) is 5.35. The fraction of sp³-hybridized carbons (Fsp3) is 0.538. The molecule has 6 nitrogen and oxygen atoms in total. The van der Waals surface area contributed by atoms with E-state index in [-0.39, 0.29) is 5.84 Å². The van der Waals surface area contributed by atoms with Crippen LogP contribution in [0.2, 0.25) is 0 Å². The molecular formula is C13H20BrN5O. The number of oxime groups is 1. The van der Waals surface area contributed by atoms with Gasteiger partial charge in [-0.25, -0.2) is 4.98 Å². The summed E-state index contributed by atoms with van der Waals surface area (Å²) in [4.78, 5) is 8.87. The van der Waals surface area contributed by atoms with E-state index in [1.807, 2.05) is 32.2 Å². The highest BCUT2D eigenvalue weighted by molar-refractivity contribution is 9.10. The van der Waals surface area contributed by atoms with Crippen LogP contribution < -0.4 is 10.6 Å². The quantitative estimate of drug-likeness (QED) is 0.377. The Bertz CT molecular complexity index is 480. The number of amidine groups is 1. The van der Waals surface area contributed by atoms with E-state index in [1.54, 1.807) is 0 Å². The molecule has 1 fully saturated rings. The van der Waals surface area contributed by atoms with Crippen LogP contribution in [0.3, 0.4) is 0 Å². The Kier molecular flexibility index (Phi) is 4.49. The molecule has 0 bridgehead atoms. The zero-order valence-corrected chi connectivity index (χ0v) is 13.3. The van der Waals surface area contributed by atoms with Gasteiger partial charge in [-0.3, -0.25) is 4.90 Å². The molecule has 2 rings (SSSR count). The first-order valence-electron chi connectivity index (χ1n) is 6.54. The Morgan fingerprint density at radius 1 is 1.35 bits per heavy atom. The van der Waals surface area contributed by atoms with Gasteiger partial charge in [0.1, 0.15) is 5.82 Å². The van der Waals surface area contributed by atoms with Crippen molar-refractivity contribution in [2.45, 2.75) is 19.4 Å². The molecule has 0 spiro atoms. The Labute approximate surface area is 127 Å². The number of anilines is 1. The van der Waals surface area contributed by atoms with Gasteiger partial charge in [-0.1, -0.05) is 5.16 Å². The number of pyridine rings is 1. The number of hydrogen-bond acceptors (Lipinski definition) is 5. The number of halogens is 1.